The molecule has 2 aromatic rings. The van der Waals surface area contributed by atoms with Crippen molar-refractivity contribution in [1.82, 2.24) is 4.98 Å². The number of nitrogens with zero attached hydrogens (tertiary/aromatic N) is 1. The van der Waals surface area contributed by atoms with Gasteiger partial charge in [0.2, 0.25) is 0 Å². The van der Waals surface area contributed by atoms with Crippen LogP contribution in [0, 0.1) is 12.3 Å². The van der Waals surface area contributed by atoms with E-state index in [2.05, 4.69) is 4.98 Å². The van der Waals surface area contributed by atoms with Gasteiger partial charge in [-0.2, -0.15) is 0 Å². The Kier molecular flexibility index (Phi) is 2.10. The molecule has 3 rings (SSSR count). The maximum Gasteiger partial charge on any atom is 0.192 e. The summed E-state index contributed by atoms with van der Waals surface area (Å²) in [5.41, 5.74) is 7.51. The molecule has 0 radical (unpaired) electrons. The van der Waals surface area contributed by atoms with Gasteiger partial charge in [0.1, 0.15) is 5.52 Å². The van der Waals surface area contributed by atoms with Crippen molar-refractivity contribution in [2.45, 2.75) is 19.8 Å². The van der Waals surface area contributed by atoms with Crippen molar-refractivity contribution in [2.24, 2.45) is 11.1 Å². The molecule has 88 valence electrons. The second kappa shape index (κ2) is 3.40. The number of nitrogens with two attached hydrogens (primary N) is 1. The number of fused-ring (bicyclic) bond motifs is 1. The smallest absolute Gasteiger partial charge is 0.192 e. The van der Waals surface area contributed by atoms with Gasteiger partial charge in [0.05, 0.1) is 0 Å². The molecule has 1 fully saturated rings. The third-order valence-corrected chi connectivity index (χ3v) is 3.48. The van der Waals surface area contributed by atoms with Crippen LogP contribution in [0.25, 0.3) is 11.1 Å². The van der Waals surface area contributed by atoms with Crippen LogP contribution in [-0.4, -0.2) is 17.3 Å². The van der Waals surface area contributed by atoms with Crippen LogP contribution >= 0.6 is 0 Å². The molecule has 0 amide bonds. The summed E-state index contributed by atoms with van der Waals surface area (Å²) < 4.78 is 5.38. The van der Waals surface area contributed by atoms with Crippen LogP contribution in [0.2, 0.25) is 0 Å². The second-order valence-corrected chi connectivity index (χ2v) is 4.73. The predicted octanol–water partition coefficient (Wildman–Crippen LogP) is 2.06. The summed E-state index contributed by atoms with van der Waals surface area (Å²) in [4.78, 5) is 16.5. The molecule has 1 heterocycles. The minimum absolute atomic E-state index is 0.141. The van der Waals surface area contributed by atoms with Gasteiger partial charge in [0, 0.05) is 24.4 Å². The molecule has 1 aromatic heterocycles. The van der Waals surface area contributed by atoms with Crippen molar-refractivity contribution in [2.75, 3.05) is 6.54 Å². The highest BCUT2D eigenvalue weighted by Gasteiger charge is 2.48. The Hall–Kier alpha value is -1.68. The average molecular weight is 230 g/mol. The number of aryl methyl sites for hydroxylation is 1. The van der Waals surface area contributed by atoms with Gasteiger partial charge in [-0.05, 0) is 31.0 Å². The van der Waals surface area contributed by atoms with Gasteiger partial charge in [0.25, 0.3) is 0 Å². The number of ketones is 1. The van der Waals surface area contributed by atoms with Gasteiger partial charge in [-0.3, -0.25) is 4.79 Å². The maximum absolute atomic E-state index is 12.3. The van der Waals surface area contributed by atoms with E-state index in [9.17, 15) is 4.79 Å². The maximum atomic E-state index is 12.3. The molecule has 0 atom stereocenters. The van der Waals surface area contributed by atoms with Crippen molar-refractivity contribution < 1.29 is 9.21 Å². The molecule has 1 aliphatic carbocycles. The lowest BCUT2D eigenvalue weighted by Crippen LogP contribution is -2.25. The number of hydrogen-bond donors (Lipinski definition) is 1. The predicted molar refractivity (Wildman–Crippen MR) is 63.8 cm³/mol. The largest absolute Gasteiger partial charge is 0.441 e. The van der Waals surface area contributed by atoms with E-state index in [1.165, 1.54) is 0 Å². The summed E-state index contributed by atoms with van der Waals surface area (Å²) in [5.74, 6) is 0.757. The van der Waals surface area contributed by atoms with Crippen LogP contribution in [0.1, 0.15) is 29.1 Å². The number of Topliss-reactive ketones (excluding diaryl/α,β-unsaturated/α-hetero) is 1. The third kappa shape index (κ3) is 1.56. The molecular weight excluding hydrogens is 216 g/mol. The van der Waals surface area contributed by atoms with Crippen molar-refractivity contribution in [3.8, 4) is 0 Å². The van der Waals surface area contributed by atoms with Gasteiger partial charge < -0.3 is 10.2 Å². The first-order chi connectivity index (χ1) is 8.14. The van der Waals surface area contributed by atoms with E-state index in [1.807, 2.05) is 0 Å². The lowest BCUT2D eigenvalue weighted by atomic mass is 9.95. The van der Waals surface area contributed by atoms with E-state index in [-0.39, 0.29) is 11.2 Å². The Labute approximate surface area is 98.8 Å². The number of carbonyl (C=O) groups excluding carboxylic acids is 1. The molecule has 0 bridgehead atoms. The lowest BCUT2D eigenvalue weighted by molar-refractivity contribution is 0.0906. The van der Waals surface area contributed by atoms with Crippen LogP contribution in [0.5, 0.6) is 0 Å². The SMILES string of the molecule is Cc1nc2cc(C(=O)C3(CN)CC3)ccc2o1. The van der Waals surface area contributed by atoms with Gasteiger partial charge in [-0.15, -0.1) is 0 Å². The summed E-state index contributed by atoms with van der Waals surface area (Å²) in [5, 5.41) is 0. The highest BCUT2D eigenvalue weighted by molar-refractivity contribution is 6.04. The molecule has 1 aliphatic rings. The number of oxazole rings is 1. The second-order valence-electron chi connectivity index (χ2n) is 4.73. The fourth-order valence-electron chi connectivity index (χ4n) is 2.16. The van der Waals surface area contributed by atoms with Gasteiger partial charge in [0.15, 0.2) is 17.3 Å². The van der Waals surface area contributed by atoms with E-state index in [0.717, 1.165) is 23.9 Å². The quantitative estimate of drug-likeness (QED) is 0.819. The first kappa shape index (κ1) is 10.5. The van der Waals surface area contributed by atoms with Crippen molar-refractivity contribution >= 4 is 16.9 Å². The highest BCUT2D eigenvalue weighted by atomic mass is 16.3. The number of benzene rings is 1. The van der Waals surface area contributed by atoms with E-state index in [4.69, 9.17) is 10.2 Å². The fraction of sp³-hybridized carbons (Fsp3) is 0.385. The number of hydrogen-bond acceptors (Lipinski definition) is 4. The molecule has 0 unspecified atom stereocenters. The standard InChI is InChI=1S/C13H14N2O2/c1-8-15-10-6-9(2-3-11(10)17-8)12(16)13(7-14)4-5-13/h2-3,6H,4-5,7,14H2,1H3. The fourth-order valence-corrected chi connectivity index (χ4v) is 2.16. The number of rotatable bonds is 3. The van der Waals surface area contributed by atoms with Crippen LogP contribution in [0.3, 0.4) is 0 Å². The molecule has 2 N–H and O–H groups in total. The third-order valence-electron chi connectivity index (χ3n) is 3.48. The van der Waals surface area contributed by atoms with Crippen LogP contribution in [-0.2, 0) is 0 Å². The summed E-state index contributed by atoms with van der Waals surface area (Å²) in [6.45, 7) is 2.23. The summed E-state index contributed by atoms with van der Waals surface area (Å²) in [6, 6.07) is 5.39. The van der Waals surface area contributed by atoms with Crippen LogP contribution in [0.15, 0.2) is 22.6 Å². The molecule has 4 nitrogen and oxygen atoms in total. The van der Waals surface area contributed by atoms with Crippen molar-refractivity contribution in [1.29, 1.82) is 0 Å². The molecular formula is C13H14N2O2. The Morgan fingerprint density at radius 1 is 1.53 bits per heavy atom. The first-order valence-corrected chi connectivity index (χ1v) is 5.77. The molecule has 0 spiro atoms. The lowest BCUT2D eigenvalue weighted by Gasteiger charge is -2.10. The van der Waals surface area contributed by atoms with Crippen LogP contribution < -0.4 is 5.73 Å². The molecule has 0 saturated heterocycles. The zero-order valence-electron chi connectivity index (χ0n) is 9.69. The summed E-state index contributed by atoms with van der Waals surface area (Å²) in [7, 11) is 0. The van der Waals surface area contributed by atoms with E-state index < -0.39 is 0 Å². The normalized spacial score (nSPS) is 17.3. The van der Waals surface area contributed by atoms with Gasteiger partial charge in [-0.25, -0.2) is 4.98 Å². The molecule has 0 aliphatic heterocycles. The van der Waals surface area contributed by atoms with Crippen molar-refractivity contribution in [3.05, 3.63) is 29.7 Å². The molecule has 1 saturated carbocycles. The molecule has 1 aromatic carbocycles. The Bertz CT molecular complexity index is 596. The number of carbonyl (C=O) groups is 1. The average Bonchev–Trinajstić information content (AvgIpc) is 3.03. The first-order valence-electron chi connectivity index (χ1n) is 5.77. The Balaban J connectivity index is 2.03. The summed E-state index contributed by atoms with van der Waals surface area (Å²) >= 11 is 0. The zero-order valence-corrected chi connectivity index (χ0v) is 9.69. The minimum atomic E-state index is -0.299. The van der Waals surface area contributed by atoms with E-state index in [0.29, 0.717) is 18.0 Å². The monoisotopic (exact) mass is 230 g/mol. The Morgan fingerprint density at radius 3 is 2.94 bits per heavy atom. The molecule has 4 heteroatoms. The van der Waals surface area contributed by atoms with Crippen LogP contribution in [0.4, 0.5) is 0 Å². The van der Waals surface area contributed by atoms with Gasteiger partial charge >= 0.3 is 0 Å². The van der Waals surface area contributed by atoms with Gasteiger partial charge in [-0.1, -0.05) is 0 Å². The van der Waals surface area contributed by atoms with E-state index >= 15 is 0 Å². The Morgan fingerprint density at radius 2 is 2.29 bits per heavy atom. The minimum Gasteiger partial charge on any atom is -0.441 e. The topological polar surface area (TPSA) is 69.1 Å². The summed E-state index contributed by atoms with van der Waals surface area (Å²) in [6.07, 6.45) is 1.80. The highest BCUT2D eigenvalue weighted by Crippen LogP contribution is 2.47. The van der Waals surface area contributed by atoms with E-state index in [1.54, 1.807) is 25.1 Å². The van der Waals surface area contributed by atoms with Crippen molar-refractivity contribution in [3.63, 3.8) is 0 Å². The number of aromatic nitrogens is 1. The zero-order chi connectivity index (χ0) is 12.0. The molecule has 17 heavy (non-hydrogen) atoms.